The van der Waals surface area contributed by atoms with E-state index in [9.17, 15) is 4.79 Å². The maximum Gasteiger partial charge on any atom is 0.503 e. The van der Waals surface area contributed by atoms with Gasteiger partial charge >= 0.3 is 12.1 Å². The second-order valence-electron chi connectivity index (χ2n) is 2.57. The minimum atomic E-state index is -1.83. The van der Waals surface area contributed by atoms with Crippen molar-refractivity contribution < 1.29 is 39.9 Å². The number of rotatable bonds is 3. The molecule has 0 bridgehead atoms. The number of aliphatic hydroxyl groups is 3. The minimum absolute atomic E-state index is 0.347. The van der Waals surface area contributed by atoms with Gasteiger partial charge in [0.1, 0.15) is 6.10 Å². The maximum absolute atomic E-state index is 10.2. The van der Waals surface area contributed by atoms with E-state index in [-0.39, 0.29) is 19.2 Å². The Morgan fingerprint density at radius 3 is 1.53 bits per heavy atom. The summed E-state index contributed by atoms with van der Waals surface area (Å²) in [4.78, 5) is 18.7. The Labute approximate surface area is 98.4 Å². The molecule has 0 aromatic heterocycles. The first-order chi connectivity index (χ1) is 7.72. The van der Waals surface area contributed by atoms with Crippen molar-refractivity contribution in [3.05, 3.63) is 12.2 Å². The highest BCUT2D eigenvalue weighted by atomic mass is 16.6. The van der Waals surface area contributed by atoms with Crippen molar-refractivity contribution in [2.75, 3.05) is 20.3 Å². The number of hydrogen-bond acceptors (Lipinski definition) is 6. The Morgan fingerprint density at radius 2 is 1.53 bits per heavy atom. The van der Waals surface area contributed by atoms with Gasteiger partial charge in [0.25, 0.3) is 0 Å². The summed E-state index contributed by atoms with van der Waals surface area (Å²) < 4.78 is 4.27. The Morgan fingerprint density at radius 1 is 1.24 bits per heavy atom. The average molecular weight is 254 g/mol. The maximum atomic E-state index is 10.2. The van der Waals surface area contributed by atoms with E-state index in [0.29, 0.717) is 5.57 Å². The molecule has 0 rings (SSSR count). The molecule has 0 aliphatic carbocycles. The van der Waals surface area contributed by atoms with Gasteiger partial charge in [0, 0.05) is 5.57 Å². The predicted octanol–water partition coefficient (Wildman–Crippen LogP) is -0.710. The molecule has 0 fully saturated rings. The predicted molar refractivity (Wildman–Crippen MR) is 57.7 cm³/mol. The molecule has 17 heavy (non-hydrogen) atoms. The monoisotopic (exact) mass is 254 g/mol. The highest BCUT2D eigenvalue weighted by Crippen LogP contribution is 1.87. The van der Waals surface area contributed by atoms with Crippen LogP contribution in [0.25, 0.3) is 0 Å². The summed E-state index contributed by atoms with van der Waals surface area (Å²) in [6.45, 7) is 4.23. The SMILES string of the molecule is C=C(C)C(=O)OC.O=C(O)O.OCC(O)CO. The summed E-state index contributed by atoms with van der Waals surface area (Å²) in [7, 11) is 1.33. The molecule has 102 valence electrons. The highest BCUT2D eigenvalue weighted by molar-refractivity contribution is 5.86. The number of ether oxygens (including phenoxy) is 1. The van der Waals surface area contributed by atoms with Crippen LogP contribution in [0.2, 0.25) is 0 Å². The van der Waals surface area contributed by atoms with Crippen LogP contribution in [0.4, 0.5) is 4.79 Å². The van der Waals surface area contributed by atoms with Gasteiger partial charge in [-0.3, -0.25) is 0 Å². The zero-order valence-corrected chi connectivity index (χ0v) is 9.66. The van der Waals surface area contributed by atoms with Crippen molar-refractivity contribution >= 4 is 12.1 Å². The Balaban J connectivity index is -0.000000180. The number of aliphatic hydroxyl groups excluding tert-OH is 3. The standard InChI is InChI=1S/C5H8O2.C3H8O3.CH2O3/c1-4(2)5(6)7-3;4-1-3(6)2-5;2-1(3)4/h1H2,2-3H3;3-6H,1-2H2;(H2,2,3,4). The molecule has 0 aromatic carbocycles. The lowest BCUT2D eigenvalue weighted by Crippen LogP contribution is -2.15. The first-order valence-electron chi connectivity index (χ1n) is 4.28. The molecule has 0 atom stereocenters. The van der Waals surface area contributed by atoms with Crippen LogP contribution in [-0.4, -0.2) is 64.1 Å². The normalized spacial score (nSPS) is 8.12. The zero-order chi connectivity index (χ0) is 14.4. The topological polar surface area (TPSA) is 145 Å². The van der Waals surface area contributed by atoms with Gasteiger partial charge in [0.15, 0.2) is 0 Å². The van der Waals surface area contributed by atoms with Gasteiger partial charge in [-0.15, -0.1) is 0 Å². The van der Waals surface area contributed by atoms with Crippen molar-refractivity contribution in [1.82, 2.24) is 0 Å². The molecule has 0 heterocycles. The summed E-state index contributed by atoms with van der Waals surface area (Å²) in [6.07, 6.45) is -2.79. The van der Waals surface area contributed by atoms with E-state index >= 15 is 0 Å². The van der Waals surface area contributed by atoms with Crippen LogP contribution in [0, 0.1) is 0 Å². The largest absolute Gasteiger partial charge is 0.503 e. The fourth-order valence-corrected chi connectivity index (χ4v) is 0.232. The Hall–Kier alpha value is -1.64. The zero-order valence-electron chi connectivity index (χ0n) is 9.66. The van der Waals surface area contributed by atoms with Crippen LogP contribution in [0.5, 0.6) is 0 Å². The lowest BCUT2D eigenvalue weighted by Gasteiger charge is -1.96. The number of esters is 1. The third kappa shape index (κ3) is 31.4. The van der Waals surface area contributed by atoms with Crippen LogP contribution in [0.1, 0.15) is 6.92 Å². The van der Waals surface area contributed by atoms with Crippen molar-refractivity contribution in [2.24, 2.45) is 0 Å². The van der Waals surface area contributed by atoms with Crippen LogP contribution in [-0.2, 0) is 9.53 Å². The van der Waals surface area contributed by atoms with Gasteiger partial charge in [-0.2, -0.15) is 0 Å². The minimum Gasteiger partial charge on any atom is -0.466 e. The molecule has 0 amide bonds. The Bertz CT molecular complexity index is 217. The van der Waals surface area contributed by atoms with Crippen LogP contribution >= 0.6 is 0 Å². The molecule has 0 aliphatic rings. The van der Waals surface area contributed by atoms with Crippen LogP contribution < -0.4 is 0 Å². The number of carboxylic acid groups (broad SMARTS) is 2. The smallest absolute Gasteiger partial charge is 0.466 e. The fraction of sp³-hybridized carbons (Fsp3) is 0.556. The number of methoxy groups -OCH3 is 1. The molecule has 0 spiro atoms. The second kappa shape index (κ2) is 14.4. The molecule has 5 N–H and O–H groups in total. The molecule has 0 saturated carbocycles. The fourth-order valence-electron chi connectivity index (χ4n) is 0.232. The second-order valence-corrected chi connectivity index (χ2v) is 2.57. The number of carbonyl (C=O) groups is 2. The van der Waals surface area contributed by atoms with E-state index in [1.807, 2.05) is 0 Å². The van der Waals surface area contributed by atoms with E-state index in [1.54, 1.807) is 6.92 Å². The van der Waals surface area contributed by atoms with Crippen molar-refractivity contribution in [3.8, 4) is 0 Å². The van der Waals surface area contributed by atoms with E-state index in [4.69, 9.17) is 30.3 Å². The van der Waals surface area contributed by atoms with Gasteiger partial charge in [-0.1, -0.05) is 6.58 Å². The van der Waals surface area contributed by atoms with E-state index < -0.39 is 12.3 Å². The highest BCUT2D eigenvalue weighted by Gasteiger charge is 1.95. The quantitative estimate of drug-likeness (QED) is 0.328. The van der Waals surface area contributed by atoms with E-state index in [0.717, 1.165) is 0 Å². The van der Waals surface area contributed by atoms with Gasteiger partial charge < -0.3 is 30.3 Å². The molecule has 0 unspecified atom stereocenters. The van der Waals surface area contributed by atoms with Gasteiger partial charge in [-0.05, 0) is 6.92 Å². The van der Waals surface area contributed by atoms with Crippen molar-refractivity contribution in [3.63, 3.8) is 0 Å². The van der Waals surface area contributed by atoms with Gasteiger partial charge in [0.05, 0.1) is 20.3 Å². The van der Waals surface area contributed by atoms with Gasteiger partial charge in [0.2, 0.25) is 0 Å². The molecular weight excluding hydrogens is 236 g/mol. The van der Waals surface area contributed by atoms with Crippen molar-refractivity contribution in [2.45, 2.75) is 13.0 Å². The summed E-state index contributed by atoms with van der Waals surface area (Å²) in [5, 5.41) is 38.0. The Kier molecular flexibility index (Phi) is 17.5. The average Bonchev–Trinajstić information content (AvgIpc) is 2.26. The number of hydrogen-bond donors (Lipinski definition) is 5. The summed E-state index contributed by atoms with van der Waals surface area (Å²) in [6, 6.07) is 0. The molecule has 0 aliphatic heterocycles. The lowest BCUT2D eigenvalue weighted by molar-refractivity contribution is -0.136. The van der Waals surface area contributed by atoms with Gasteiger partial charge in [-0.25, -0.2) is 9.59 Å². The summed E-state index contributed by atoms with van der Waals surface area (Å²) in [5.41, 5.74) is 0.433. The molecule has 0 radical (unpaired) electrons. The van der Waals surface area contributed by atoms with Crippen LogP contribution in [0.15, 0.2) is 12.2 Å². The molecule has 8 nitrogen and oxygen atoms in total. The third-order valence-electron chi connectivity index (χ3n) is 0.955. The summed E-state index contributed by atoms with van der Waals surface area (Å²) in [5.74, 6) is -0.347. The van der Waals surface area contributed by atoms with E-state index in [1.165, 1.54) is 7.11 Å². The molecular formula is C9H18O8. The molecule has 0 aromatic rings. The summed E-state index contributed by atoms with van der Waals surface area (Å²) >= 11 is 0. The lowest BCUT2D eigenvalue weighted by atomic mass is 10.4. The first kappa shape index (κ1) is 20.7. The van der Waals surface area contributed by atoms with Crippen LogP contribution in [0.3, 0.4) is 0 Å². The molecule has 8 heteroatoms. The van der Waals surface area contributed by atoms with Crippen molar-refractivity contribution in [1.29, 1.82) is 0 Å². The third-order valence-corrected chi connectivity index (χ3v) is 0.955. The first-order valence-corrected chi connectivity index (χ1v) is 4.28. The number of carbonyl (C=O) groups excluding carboxylic acids is 1. The van der Waals surface area contributed by atoms with E-state index in [2.05, 4.69) is 11.3 Å². The molecule has 0 saturated heterocycles.